The first-order valence-corrected chi connectivity index (χ1v) is 10.8. The number of benzene rings is 2. The van der Waals surface area contributed by atoms with Crippen LogP contribution in [0.4, 0.5) is 5.69 Å². The quantitative estimate of drug-likeness (QED) is 0.359. The Balaban J connectivity index is 1.48. The lowest BCUT2D eigenvalue weighted by molar-refractivity contribution is -0.120. The Morgan fingerprint density at radius 2 is 1.97 bits per heavy atom. The lowest BCUT2D eigenvalue weighted by Gasteiger charge is -2.26. The van der Waals surface area contributed by atoms with E-state index in [1.807, 2.05) is 35.6 Å². The van der Waals surface area contributed by atoms with E-state index in [4.69, 9.17) is 4.74 Å². The van der Waals surface area contributed by atoms with Crippen LogP contribution in [0.5, 0.6) is 5.75 Å². The van der Waals surface area contributed by atoms with Gasteiger partial charge in [-0.15, -0.1) is 10.2 Å². The van der Waals surface area contributed by atoms with Crippen molar-refractivity contribution in [3.8, 4) is 5.75 Å². The monoisotopic (exact) mass is 432 g/mol. The van der Waals surface area contributed by atoms with Crippen molar-refractivity contribution in [1.82, 2.24) is 14.6 Å². The Hall–Kier alpha value is -3.39. The Morgan fingerprint density at radius 1 is 1.16 bits per heavy atom. The van der Waals surface area contributed by atoms with Crippen LogP contribution in [-0.4, -0.2) is 45.2 Å². The molecule has 5 rings (SSSR count). The number of carbonyl (C=O) groups excluding carboxylic acids is 2. The Labute approximate surface area is 183 Å². The van der Waals surface area contributed by atoms with E-state index in [-0.39, 0.29) is 18.3 Å². The molecular formula is C23H20N4O3S. The molecule has 1 unspecified atom stereocenters. The highest BCUT2D eigenvalue weighted by atomic mass is 32.2. The zero-order chi connectivity index (χ0) is 21.7. The highest BCUT2D eigenvalue weighted by Crippen LogP contribution is 2.34. The maximum absolute atomic E-state index is 13.2. The molecule has 0 aliphatic carbocycles. The van der Waals surface area contributed by atoms with E-state index >= 15 is 0 Å². The summed E-state index contributed by atoms with van der Waals surface area (Å²) < 4.78 is 7.45. The molecule has 2 aromatic heterocycles. The molecule has 8 heteroatoms. The zero-order valence-electron chi connectivity index (χ0n) is 17.3. The number of aryl methyl sites for hydroxylation is 1. The highest BCUT2D eigenvalue weighted by Gasteiger charge is 2.26. The smallest absolute Gasteiger partial charge is 0.264 e. The van der Waals surface area contributed by atoms with Gasteiger partial charge in [0.2, 0.25) is 0 Å². The summed E-state index contributed by atoms with van der Waals surface area (Å²) in [6, 6.07) is 15.3. The number of ketones is 1. The van der Waals surface area contributed by atoms with Gasteiger partial charge in [0.25, 0.3) is 5.91 Å². The van der Waals surface area contributed by atoms with Crippen LogP contribution < -0.4 is 9.64 Å². The molecule has 7 nitrogen and oxygen atoms in total. The number of Topliss-reactive ketones (excluding diaryl/α,β-unsaturated/α-hetero) is 1. The van der Waals surface area contributed by atoms with Crippen molar-refractivity contribution in [3.63, 3.8) is 0 Å². The standard InChI is InChI=1S/C23H20N4O3S/c1-13-10-20-24-25-23(27(20)17-7-5-4-6-16(13)17)31-14(2)22(29)15-8-9-19-18(11-15)26(3)21(28)12-30-19/h4-11,14H,12H2,1-3H3. The first kappa shape index (κ1) is 19.6. The molecule has 0 saturated heterocycles. The average molecular weight is 433 g/mol. The lowest BCUT2D eigenvalue weighted by Crippen LogP contribution is -2.35. The number of para-hydroxylation sites is 1. The molecule has 31 heavy (non-hydrogen) atoms. The third-order valence-electron chi connectivity index (χ3n) is 5.56. The number of anilines is 1. The van der Waals surface area contributed by atoms with Crippen molar-refractivity contribution in [2.45, 2.75) is 24.3 Å². The van der Waals surface area contributed by atoms with Gasteiger partial charge in [-0.25, -0.2) is 0 Å². The van der Waals surface area contributed by atoms with E-state index in [2.05, 4.69) is 23.2 Å². The molecule has 1 aliphatic rings. The minimum absolute atomic E-state index is 0.0104. The Kier molecular flexibility index (Phi) is 4.66. The maximum Gasteiger partial charge on any atom is 0.264 e. The molecule has 0 saturated carbocycles. The van der Waals surface area contributed by atoms with Crippen molar-refractivity contribution >= 4 is 45.7 Å². The van der Waals surface area contributed by atoms with E-state index in [1.165, 1.54) is 16.7 Å². The van der Waals surface area contributed by atoms with Crippen LogP contribution >= 0.6 is 11.8 Å². The summed E-state index contributed by atoms with van der Waals surface area (Å²) in [6.45, 7) is 3.92. The third kappa shape index (κ3) is 3.23. The first-order chi connectivity index (χ1) is 14.9. The SMILES string of the molecule is Cc1cc2nnc(SC(C)C(=O)c3ccc4c(c3)N(C)C(=O)CO4)n2c2ccccc12. The van der Waals surface area contributed by atoms with Gasteiger partial charge in [0.15, 0.2) is 23.2 Å². The van der Waals surface area contributed by atoms with Crippen LogP contribution in [0.2, 0.25) is 0 Å². The number of hydrogen-bond donors (Lipinski definition) is 0. The Morgan fingerprint density at radius 3 is 2.81 bits per heavy atom. The van der Waals surface area contributed by atoms with Crippen molar-refractivity contribution in [2.24, 2.45) is 0 Å². The van der Waals surface area contributed by atoms with Crippen molar-refractivity contribution in [2.75, 3.05) is 18.6 Å². The normalized spacial score (nSPS) is 14.5. The van der Waals surface area contributed by atoms with Crippen LogP contribution in [0.1, 0.15) is 22.8 Å². The number of fused-ring (bicyclic) bond motifs is 4. The van der Waals surface area contributed by atoms with Gasteiger partial charge in [0, 0.05) is 18.0 Å². The predicted octanol–water partition coefficient (Wildman–Crippen LogP) is 3.91. The van der Waals surface area contributed by atoms with Gasteiger partial charge in [-0.1, -0.05) is 30.0 Å². The summed E-state index contributed by atoms with van der Waals surface area (Å²) in [5, 5.41) is 10.1. The zero-order valence-corrected chi connectivity index (χ0v) is 18.1. The molecule has 0 spiro atoms. The van der Waals surface area contributed by atoms with Gasteiger partial charge in [-0.05, 0) is 49.7 Å². The molecule has 156 valence electrons. The number of amides is 1. The van der Waals surface area contributed by atoms with E-state index in [9.17, 15) is 9.59 Å². The number of ether oxygens (including phenoxy) is 1. The van der Waals surface area contributed by atoms with Gasteiger partial charge < -0.3 is 9.64 Å². The van der Waals surface area contributed by atoms with Gasteiger partial charge in [0.05, 0.1) is 16.5 Å². The average Bonchev–Trinajstić information content (AvgIpc) is 3.18. The number of likely N-dealkylation sites (N-methyl/N-ethyl adjacent to an activating group) is 1. The number of nitrogens with zero attached hydrogens (tertiary/aromatic N) is 4. The van der Waals surface area contributed by atoms with Gasteiger partial charge in [-0.3, -0.25) is 14.0 Å². The molecule has 1 aliphatic heterocycles. The number of thioether (sulfide) groups is 1. The van der Waals surface area contributed by atoms with Crippen molar-refractivity contribution in [1.29, 1.82) is 0 Å². The van der Waals surface area contributed by atoms with E-state index in [0.29, 0.717) is 22.2 Å². The second kappa shape index (κ2) is 7.39. The van der Waals surface area contributed by atoms with Crippen LogP contribution in [0.15, 0.2) is 53.7 Å². The summed E-state index contributed by atoms with van der Waals surface area (Å²) in [7, 11) is 1.69. The van der Waals surface area contributed by atoms with Gasteiger partial charge >= 0.3 is 0 Å². The minimum atomic E-state index is -0.393. The topological polar surface area (TPSA) is 76.8 Å². The van der Waals surface area contributed by atoms with Gasteiger partial charge in [0.1, 0.15) is 5.75 Å². The summed E-state index contributed by atoms with van der Waals surface area (Å²) in [4.78, 5) is 26.6. The summed E-state index contributed by atoms with van der Waals surface area (Å²) in [5.74, 6) is 0.410. The molecule has 0 bridgehead atoms. The largest absolute Gasteiger partial charge is 0.482 e. The minimum Gasteiger partial charge on any atom is -0.482 e. The van der Waals surface area contributed by atoms with Crippen LogP contribution in [0, 0.1) is 6.92 Å². The number of rotatable bonds is 4. The number of aromatic nitrogens is 3. The van der Waals surface area contributed by atoms with Crippen LogP contribution in [0.25, 0.3) is 16.6 Å². The summed E-state index contributed by atoms with van der Waals surface area (Å²) >= 11 is 1.37. The fourth-order valence-corrected chi connectivity index (χ4v) is 4.77. The molecule has 1 atom stereocenters. The first-order valence-electron chi connectivity index (χ1n) is 9.92. The van der Waals surface area contributed by atoms with Gasteiger partial charge in [-0.2, -0.15) is 0 Å². The van der Waals surface area contributed by atoms with E-state index in [0.717, 1.165) is 22.1 Å². The molecule has 2 aromatic carbocycles. The molecule has 0 fully saturated rings. The van der Waals surface area contributed by atoms with E-state index < -0.39 is 5.25 Å². The second-order valence-corrected chi connectivity index (χ2v) is 8.88. The fourth-order valence-electron chi connectivity index (χ4n) is 3.82. The molecule has 0 N–H and O–H groups in total. The fraction of sp³-hybridized carbons (Fsp3) is 0.217. The van der Waals surface area contributed by atoms with E-state index in [1.54, 1.807) is 25.2 Å². The molecule has 3 heterocycles. The number of carbonyl (C=O) groups is 2. The molecule has 4 aromatic rings. The summed E-state index contributed by atoms with van der Waals surface area (Å²) in [5.41, 5.74) is 4.03. The molecule has 1 amide bonds. The third-order valence-corrected chi connectivity index (χ3v) is 6.60. The van der Waals surface area contributed by atoms with Crippen molar-refractivity contribution < 1.29 is 14.3 Å². The van der Waals surface area contributed by atoms with Crippen molar-refractivity contribution in [3.05, 3.63) is 59.7 Å². The second-order valence-electron chi connectivity index (χ2n) is 7.57. The Bertz CT molecular complexity index is 1360. The number of hydrogen-bond acceptors (Lipinski definition) is 6. The maximum atomic E-state index is 13.2. The number of pyridine rings is 1. The molecule has 0 radical (unpaired) electrons. The predicted molar refractivity (Wildman–Crippen MR) is 120 cm³/mol. The molecular weight excluding hydrogens is 412 g/mol. The lowest BCUT2D eigenvalue weighted by atomic mass is 10.1. The summed E-state index contributed by atoms with van der Waals surface area (Å²) in [6.07, 6.45) is 0. The highest BCUT2D eigenvalue weighted by molar-refractivity contribution is 8.00. The van der Waals surface area contributed by atoms with Crippen LogP contribution in [-0.2, 0) is 4.79 Å². The van der Waals surface area contributed by atoms with Crippen LogP contribution in [0.3, 0.4) is 0 Å².